The SMILES string of the molecule is C=C(F)/C=C\C(=C)CC(C)(C)C. The van der Waals surface area contributed by atoms with Crippen molar-refractivity contribution in [3.8, 4) is 0 Å². The number of rotatable bonds is 3. The van der Waals surface area contributed by atoms with Crippen LogP contribution in [0.25, 0.3) is 0 Å². The van der Waals surface area contributed by atoms with E-state index >= 15 is 0 Å². The van der Waals surface area contributed by atoms with Crippen LogP contribution >= 0.6 is 0 Å². The molecule has 0 aliphatic rings. The van der Waals surface area contributed by atoms with E-state index in [2.05, 4.69) is 33.9 Å². The summed E-state index contributed by atoms with van der Waals surface area (Å²) in [6.07, 6.45) is 3.89. The Morgan fingerprint density at radius 1 is 1.25 bits per heavy atom. The van der Waals surface area contributed by atoms with Gasteiger partial charge in [0.05, 0.1) is 0 Å². The lowest BCUT2D eigenvalue weighted by molar-refractivity contribution is 0.413. The van der Waals surface area contributed by atoms with Crippen LogP contribution in [0.2, 0.25) is 0 Å². The molecule has 0 aromatic rings. The maximum absolute atomic E-state index is 12.2. The topological polar surface area (TPSA) is 0 Å². The third kappa shape index (κ3) is 7.26. The molecule has 0 heterocycles. The van der Waals surface area contributed by atoms with Crippen LogP contribution in [0, 0.1) is 5.41 Å². The van der Waals surface area contributed by atoms with E-state index < -0.39 is 5.83 Å². The fraction of sp³-hybridized carbons (Fsp3) is 0.455. The number of hydrogen-bond donors (Lipinski definition) is 0. The Bertz CT molecular complexity index is 204. The molecule has 1 heteroatoms. The van der Waals surface area contributed by atoms with Gasteiger partial charge < -0.3 is 0 Å². The molecule has 0 saturated heterocycles. The first-order valence-electron chi connectivity index (χ1n) is 4.01. The van der Waals surface area contributed by atoms with Gasteiger partial charge in [-0.3, -0.25) is 0 Å². The number of allylic oxidation sites excluding steroid dienone is 4. The summed E-state index contributed by atoms with van der Waals surface area (Å²) in [6, 6.07) is 0. The summed E-state index contributed by atoms with van der Waals surface area (Å²) in [5, 5.41) is 0. The van der Waals surface area contributed by atoms with Gasteiger partial charge in [0.2, 0.25) is 0 Å². The van der Waals surface area contributed by atoms with Gasteiger partial charge in [0.1, 0.15) is 5.83 Å². The van der Waals surface area contributed by atoms with E-state index in [0.29, 0.717) is 0 Å². The monoisotopic (exact) mass is 168 g/mol. The van der Waals surface area contributed by atoms with Gasteiger partial charge in [-0.25, -0.2) is 4.39 Å². The molecular formula is C11H17F. The predicted molar refractivity (Wildman–Crippen MR) is 52.6 cm³/mol. The summed E-state index contributed by atoms with van der Waals surface area (Å²) in [7, 11) is 0. The Morgan fingerprint density at radius 2 is 1.75 bits per heavy atom. The van der Waals surface area contributed by atoms with Crippen molar-refractivity contribution in [3.63, 3.8) is 0 Å². The summed E-state index contributed by atoms with van der Waals surface area (Å²) in [4.78, 5) is 0. The van der Waals surface area contributed by atoms with E-state index in [4.69, 9.17) is 0 Å². The quantitative estimate of drug-likeness (QED) is 0.558. The Balaban J connectivity index is 3.99. The second kappa shape index (κ2) is 4.24. The van der Waals surface area contributed by atoms with Gasteiger partial charge in [-0.15, -0.1) is 0 Å². The first-order chi connectivity index (χ1) is 5.31. The second-order valence-corrected chi connectivity index (χ2v) is 4.18. The third-order valence-corrected chi connectivity index (χ3v) is 1.26. The van der Waals surface area contributed by atoms with E-state index in [0.717, 1.165) is 12.0 Å². The molecule has 0 saturated carbocycles. The van der Waals surface area contributed by atoms with Crippen molar-refractivity contribution in [2.45, 2.75) is 27.2 Å². The van der Waals surface area contributed by atoms with Gasteiger partial charge in [0.15, 0.2) is 0 Å². The van der Waals surface area contributed by atoms with E-state index in [1.54, 1.807) is 6.08 Å². The third-order valence-electron chi connectivity index (χ3n) is 1.26. The van der Waals surface area contributed by atoms with Crippen molar-refractivity contribution in [2.75, 3.05) is 0 Å². The van der Waals surface area contributed by atoms with Gasteiger partial charge in [0, 0.05) is 0 Å². The minimum Gasteiger partial charge on any atom is -0.208 e. The lowest BCUT2D eigenvalue weighted by atomic mass is 9.88. The van der Waals surface area contributed by atoms with Crippen molar-refractivity contribution >= 4 is 0 Å². The molecule has 0 aromatic carbocycles. The second-order valence-electron chi connectivity index (χ2n) is 4.18. The Morgan fingerprint density at radius 3 is 2.08 bits per heavy atom. The zero-order chi connectivity index (χ0) is 9.78. The molecule has 0 aromatic heterocycles. The minimum atomic E-state index is -0.426. The molecule has 0 radical (unpaired) electrons. The maximum Gasteiger partial charge on any atom is 0.116 e. The average molecular weight is 168 g/mol. The lowest BCUT2D eigenvalue weighted by Crippen LogP contribution is -2.04. The first-order valence-corrected chi connectivity index (χ1v) is 4.01. The number of hydrogen-bond acceptors (Lipinski definition) is 0. The average Bonchev–Trinajstić information content (AvgIpc) is 1.79. The molecule has 0 amide bonds. The largest absolute Gasteiger partial charge is 0.208 e. The van der Waals surface area contributed by atoms with Gasteiger partial charge in [0.25, 0.3) is 0 Å². The molecule has 0 N–H and O–H groups in total. The molecule has 0 aliphatic carbocycles. The Labute approximate surface area is 74.5 Å². The van der Waals surface area contributed by atoms with Gasteiger partial charge in [-0.2, -0.15) is 0 Å². The van der Waals surface area contributed by atoms with Crippen LogP contribution in [0.1, 0.15) is 27.2 Å². The van der Waals surface area contributed by atoms with E-state index in [1.807, 2.05) is 0 Å². The van der Waals surface area contributed by atoms with Crippen LogP contribution in [0.5, 0.6) is 0 Å². The van der Waals surface area contributed by atoms with Crippen molar-refractivity contribution < 1.29 is 4.39 Å². The van der Waals surface area contributed by atoms with Crippen molar-refractivity contribution in [1.82, 2.24) is 0 Å². The van der Waals surface area contributed by atoms with Crippen LogP contribution in [0.15, 0.2) is 36.7 Å². The predicted octanol–water partition coefficient (Wildman–Crippen LogP) is 4.02. The first kappa shape index (κ1) is 11.2. The molecule has 0 bridgehead atoms. The van der Waals surface area contributed by atoms with Crippen molar-refractivity contribution in [1.29, 1.82) is 0 Å². The zero-order valence-electron chi connectivity index (χ0n) is 8.15. The molecule has 0 aliphatic heterocycles. The Kier molecular flexibility index (Phi) is 3.94. The molecule has 0 rings (SSSR count). The maximum atomic E-state index is 12.2. The fourth-order valence-corrected chi connectivity index (χ4v) is 0.948. The zero-order valence-corrected chi connectivity index (χ0v) is 8.15. The van der Waals surface area contributed by atoms with Crippen LogP contribution < -0.4 is 0 Å². The molecule has 0 unspecified atom stereocenters. The molecular weight excluding hydrogens is 151 g/mol. The molecule has 0 atom stereocenters. The highest BCUT2D eigenvalue weighted by molar-refractivity contribution is 5.21. The van der Waals surface area contributed by atoms with Crippen LogP contribution in [-0.4, -0.2) is 0 Å². The highest BCUT2D eigenvalue weighted by Gasteiger charge is 2.09. The van der Waals surface area contributed by atoms with Crippen LogP contribution in [0.4, 0.5) is 4.39 Å². The summed E-state index contributed by atoms with van der Waals surface area (Å²) >= 11 is 0. The van der Waals surface area contributed by atoms with Crippen LogP contribution in [-0.2, 0) is 0 Å². The van der Waals surface area contributed by atoms with E-state index in [-0.39, 0.29) is 5.41 Å². The molecule has 12 heavy (non-hydrogen) atoms. The van der Waals surface area contributed by atoms with Gasteiger partial charge >= 0.3 is 0 Å². The summed E-state index contributed by atoms with van der Waals surface area (Å²) in [5.41, 5.74) is 1.14. The highest BCUT2D eigenvalue weighted by Crippen LogP contribution is 2.23. The number of halogens is 1. The summed E-state index contributed by atoms with van der Waals surface area (Å²) in [5.74, 6) is -0.426. The van der Waals surface area contributed by atoms with Crippen molar-refractivity contribution in [3.05, 3.63) is 36.7 Å². The standard InChI is InChI=1S/C11H17F/c1-9(6-7-10(2)12)8-11(3,4)5/h6-7H,1-2,8H2,3-5H3/b7-6-. The molecule has 0 spiro atoms. The van der Waals surface area contributed by atoms with Crippen molar-refractivity contribution in [2.24, 2.45) is 5.41 Å². The Hall–Kier alpha value is -0.850. The van der Waals surface area contributed by atoms with Gasteiger partial charge in [-0.1, -0.05) is 45.6 Å². The molecule has 0 fully saturated rings. The minimum absolute atomic E-state index is 0.207. The summed E-state index contributed by atoms with van der Waals surface area (Å²) < 4.78 is 12.2. The lowest BCUT2D eigenvalue weighted by Gasteiger charge is -2.17. The smallest absolute Gasteiger partial charge is 0.116 e. The van der Waals surface area contributed by atoms with Gasteiger partial charge in [-0.05, 0) is 17.9 Å². The van der Waals surface area contributed by atoms with E-state index in [9.17, 15) is 4.39 Å². The normalized spacial score (nSPS) is 12.0. The molecule has 0 nitrogen and oxygen atoms in total. The van der Waals surface area contributed by atoms with E-state index in [1.165, 1.54) is 6.08 Å². The summed E-state index contributed by atoms with van der Waals surface area (Å²) in [6.45, 7) is 13.3. The molecule has 68 valence electrons. The highest BCUT2D eigenvalue weighted by atomic mass is 19.1. The van der Waals surface area contributed by atoms with Crippen LogP contribution in [0.3, 0.4) is 0 Å². The fourth-order valence-electron chi connectivity index (χ4n) is 0.948.